The van der Waals surface area contributed by atoms with Crippen LogP contribution >= 0.6 is 15.9 Å². The standard InChI is InChI=1S/C14H18Br/c1-11(15)13-8-5-9-14(10-13)12-6-3-2-4-7-12/h5,8-12H,1-4,6-7H2. The zero-order valence-corrected chi connectivity index (χ0v) is 10.7. The highest BCUT2D eigenvalue weighted by Crippen LogP contribution is 2.34. The van der Waals surface area contributed by atoms with Crippen molar-refractivity contribution in [2.45, 2.75) is 42.8 Å². The van der Waals surface area contributed by atoms with Gasteiger partial charge in [-0.1, -0.05) is 59.5 Å². The van der Waals surface area contributed by atoms with Gasteiger partial charge < -0.3 is 0 Å². The van der Waals surface area contributed by atoms with Crippen LogP contribution in [0.5, 0.6) is 0 Å². The Hall–Kier alpha value is -0.300. The molecule has 81 valence electrons. The summed E-state index contributed by atoms with van der Waals surface area (Å²) in [6.45, 7) is 4.01. The third-order valence-electron chi connectivity index (χ3n) is 3.35. The number of benzene rings is 1. The van der Waals surface area contributed by atoms with Crippen LogP contribution in [-0.4, -0.2) is 0 Å². The van der Waals surface area contributed by atoms with Crippen molar-refractivity contribution in [1.29, 1.82) is 0 Å². The summed E-state index contributed by atoms with van der Waals surface area (Å²) < 4.78 is 0. The topological polar surface area (TPSA) is 0 Å². The Morgan fingerprint density at radius 2 is 1.93 bits per heavy atom. The fourth-order valence-corrected chi connectivity index (χ4v) is 2.73. The molecule has 0 amide bonds. The number of rotatable bonds is 2. The molecule has 1 radical (unpaired) electrons. The Bertz CT molecular complexity index is 311. The van der Waals surface area contributed by atoms with Crippen LogP contribution in [0.1, 0.15) is 54.0 Å². The maximum atomic E-state index is 4.01. The largest absolute Gasteiger partial charge is 0.0839 e. The van der Waals surface area contributed by atoms with E-state index in [4.69, 9.17) is 0 Å². The Kier molecular flexibility index (Phi) is 3.85. The summed E-state index contributed by atoms with van der Waals surface area (Å²) in [7, 11) is 0. The zero-order chi connectivity index (χ0) is 10.7. The second-order valence-electron chi connectivity index (χ2n) is 4.47. The molecule has 0 saturated heterocycles. The molecule has 1 unspecified atom stereocenters. The maximum absolute atomic E-state index is 4.01. The van der Waals surface area contributed by atoms with Gasteiger partial charge in [-0.3, -0.25) is 0 Å². The van der Waals surface area contributed by atoms with Crippen molar-refractivity contribution in [3.05, 3.63) is 42.3 Å². The van der Waals surface area contributed by atoms with E-state index >= 15 is 0 Å². The van der Waals surface area contributed by atoms with Crippen LogP contribution in [0.4, 0.5) is 0 Å². The normalized spacial score (nSPS) is 20.1. The van der Waals surface area contributed by atoms with E-state index in [2.05, 4.69) is 47.1 Å². The second-order valence-corrected chi connectivity index (χ2v) is 5.58. The lowest BCUT2D eigenvalue weighted by atomic mass is 9.83. The Labute approximate surface area is 101 Å². The predicted octanol–water partition coefficient (Wildman–Crippen LogP) is 5.00. The van der Waals surface area contributed by atoms with E-state index in [9.17, 15) is 0 Å². The Morgan fingerprint density at radius 3 is 2.60 bits per heavy atom. The summed E-state index contributed by atoms with van der Waals surface area (Å²) in [4.78, 5) is 0.223. The molecule has 0 aromatic heterocycles. The molecule has 1 saturated carbocycles. The first-order valence-electron chi connectivity index (χ1n) is 5.84. The molecule has 0 bridgehead atoms. The zero-order valence-electron chi connectivity index (χ0n) is 9.08. The van der Waals surface area contributed by atoms with Crippen molar-refractivity contribution in [2.75, 3.05) is 0 Å². The van der Waals surface area contributed by atoms with Crippen molar-refractivity contribution in [3.63, 3.8) is 0 Å². The van der Waals surface area contributed by atoms with Crippen molar-refractivity contribution in [3.8, 4) is 0 Å². The van der Waals surface area contributed by atoms with Crippen LogP contribution in [0.3, 0.4) is 0 Å². The van der Waals surface area contributed by atoms with E-state index in [0.29, 0.717) is 0 Å². The van der Waals surface area contributed by atoms with Gasteiger partial charge in [0.2, 0.25) is 0 Å². The summed E-state index contributed by atoms with van der Waals surface area (Å²) in [5.41, 5.74) is 2.82. The molecule has 15 heavy (non-hydrogen) atoms. The first-order valence-corrected chi connectivity index (χ1v) is 6.76. The molecule has 0 nitrogen and oxygen atoms in total. The number of hydrogen-bond donors (Lipinski definition) is 0. The van der Waals surface area contributed by atoms with Crippen LogP contribution in [0, 0.1) is 6.92 Å². The third kappa shape index (κ3) is 2.84. The fourth-order valence-electron chi connectivity index (χ4n) is 2.44. The minimum absolute atomic E-state index is 0.223. The van der Waals surface area contributed by atoms with Crippen molar-refractivity contribution in [2.24, 2.45) is 0 Å². The first-order chi connectivity index (χ1) is 7.27. The first kappa shape index (κ1) is 11.2. The van der Waals surface area contributed by atoms with Gasteiger partial charge in [-0.15, -0.1) is 0 Å². The van der Waals surface area contributed by atoms with Gasteiger partial charge >= 0.3 is 0 Å². The molecule has 1 aromatic carbocycles. The fraction of sp³-hybridized carbons (Fsp3) is 0.500. The van der Waals surface area contributed by atoms with E-state index in [1.165, 1.54) is 43.2 Å². The summed E-state index contributed by atoms with van der Waals surface area (Å²) in [6.07, 6.45) is 6.96. The molecule has 2 rings (SSSR count). The lowest BCUT2D eigenvalue weighted by molar-refractivity contribution is 0.443. The highest BCUT2D eigenvalue weighted by atomic mass is 79.9. The lowest BCUT2D eigenvalue weighted by Gasteiger charge is -2.22. The van der Waals surface area contributed by atoms with E-state index in [1.54, 1.807) is 0 Å². The monoisotopic (exact) mass is 265 g/mol. The van der Waals surface area contributed by atoms with Gasteiger partial charge in [-0.05, 0) is 36.8 Å². The van der Waals surface area contributed by atoms with E-state index in [0.717, 1.165) is 5.92 Å². The van der Waals surface area contributed by atoms with Crippen LogP contribution in [-0.2, 0) is 0 Å². The molecule has 0 heterocycles. The van der Waals surface area contributed by atoms with Gasteiger partial charge in [0.1, 0.15) is 0 Å². The summed E-state index contributed by atoms with van der Waals surface area (Å²) >= 11 is 3.53. The second kappa shape index (κ2) is 5.16. The number of hydrogen-bond acceptors (Lipinski definition) is 0. The molecule has 0 N–H and O–H groups in total. The van der Waals surface area contributed by atoms with Crippen molar-refractivity contribution in [1.82, 2.24) is 0 Å². The predicted molar refractivity (Wildman–Crippen MR) is 69.3 cm³/mol. The van der Waals surface area contributed by atoms with Gasteiger partial charge in [0.15, 0.2) is 0 Å². The number of halogens is 1. The van der Waals surface area contributed by atoms with E-state index < -0.39 is 0 Å². The van der Waals surface area contributed by atoms with Crippen molar-refractivity contribution >= 4 is 15.9 Å². The molecule has 1 fully saturated rings. The maximum Gasteiger partial charge on any atom is 0.0395 e. The van der Waals surface area contributed by atoms with Gasteiger partial charge in [0, 0.05) is 4.83 Å². The summed E-state index contributed by atoms with van der Waals surface area (Å²) in [5.74, 6) is 0.796. The van der Waals surface area contributed by atoms with Gasteiger partial charge in [-0.25, -0.2) is 0 Å². The quantitative estimate of drug-likeness (QED) is 0.660. The molecule has 1 atom stereocenters. The Balaban J connectivity index is 2.16. The molecule has 1 aliphatic carbocycles. The van der Waals surface area contributed by atoms with Crippen LogP contribution in [0.2, 0.25) is 0 Å². The highest BCUT2D eigenvalue weighted by molar-refractivity contribution is 9.09. The number of alkyl halides is 1. The molecule has 1 aliphatic rings. The van der Waals surface area contributed by atoms with Crippen LogP contribution in [0.25, 0.3) is 0 Å². The molecule has 1 heteroatoms. The van der Waals surface area contributed by atoms with Gasteiger partial charge in [-0.2, -0.15) is 0 Å². The molecular formula is C14H18Br. The average molecular weight is 266 g/mol. The van der Waals surface area contributed by atoms with Crippen LogP contribution < -0.4 is 0 Å². The van der Waals surface area contributed by atoms with Gasteiger partial charge in [0.05, 0.1) is 0 Å². The molecule has 0 aliphatic heterocycles. The lowest BCUT2D eigenvalue weighted by Crippen LogP contribution is -2.04. The van der Waals surface area contributed by atoms with Crippen molar-refractivity contribution < 1.29 is 0 Å². The molecular weight excluding hydrogens is 248 g/mol. The third-order valence-corrected chi connectivity index (χ3v) is 3.88. The van der Waals surface area contributed by atoms with Gasteiger partial charge in [0.25, 0.3) is 0 Å². The van der Waals surface area contributed by atoms with Crippen LogP contribution in [0.15, 0.2) is 24.3 Å². The smallest absolute Gasteiger partial charge is 0.0395 e. The SMILES string of the molecule is [CH2]C(Br)c1cccc(C2CCCCC2)c1. The summed E-state index contributed by atoms with van der Waals surface area (Å²) in [6, 6.07) is 8.91. The summed E-state index contributed by atoms with van der Waals surface area (Å²) in [5, 5.41) is 0. The highest BCUT2D eigenvalue weighted by Gasteiger charge is 2.15. The molecule has 1 aromatic rings. The molecule has 0 spiro atoms. The Morgan fingerprint density at radius 1 is 1.20 bits per heavy atom. The minimum Gasteiger partial charge on any atom is -0.0839 e. The van der Waals surface area contributed by atoms with E-state index in [1.807, 2.05) is 0 Å². The average Bonchev–Trinajstić information content (AvgIpc) is 2.30. The van der Waals surface area contributed by atoms with E-state index in [-0.39, 0.29) is 4.83 Å². The minimum atomic E-state index is 0.223.